The van der Waals surface area contributed by atoms with E-state index >= 15 is 0 Å². The van der Waals surface area contributed by atoms with E-state index in [1.807, 2.05) is 24.8 Å². The molecule has 0 aromatic heterocycles. The van der Waals surface area contributed by atoms with Crippen molar-refractivity contribution in [3.05, 3.63) is 27.7 Å². The molecule has 0 aliphatic rings. The molecule has 0 bridgehead atoms. The summed E-state index contributed by atoms with van der Waals surface area (Å²) in [4.78, 5) is 13.6. The highest BCUT2D eigenvalue weighted by molar-refractivity contribution is 9.10. The van der Waals surface area contributed by atoms with Crippen molar-refractivity contribution in [2.75, 3.05) is 26.3 Å². The van der Waals surface area contributed by atoms with Gasteiger partial charge in [0.15, 0.2) is 0 Å². The SMILES string of the molecule is CCOC(=O)CN(CCOc1ccc(Cl)cc1Br)C(C)C. The zero-order chi connectivity index (χ0) is 15.8. The third kappa shape index (κ3) is 6.68. The van der Waals surface area contributed by atoms with Gasteiger partial charge in [-0.15, -0.1) is 0 Å². The smallest absolute Gasteiger partial charge is 0.320 e. The number of esters is 1. The summed E-state index contributed by atoms with van der Waals surface area (Å²) in [7, 11) is 0. The lowest BCUT2D eigenvalue weighted by Gasteiger charge is -2.25. The Balaban J connectivity index is 2.48. The normalized spacial score (nSPS) is 11.0. The fourth-order valence-electron chi connectivity index (χ4n) is 1.76. The third-order valence-corrected chi connectivity index (χ3v) is 3.75. The maximum atomic E-state index is 11.6. The van der Waals surface area contributed by atoms with Gasteiger partial charge in [-0.2, -0.15) is 0 Å². The van der Waals surface area contributed by atoms with Gasteiger partial charge in [-0.25, -0.2) is 0 Å². The molecule has 0 N–H and O–H groups in total. The van der Waals surface area contributed by atoms with Gasteiger partial charge in [-0.05, 0) is 54.9 Å². The van der Waals surface area contributed by atoms with E-state index in [9.17, 15) is 4.79 Å². The van der Waals surface area contributed by atoms with Crippen molar-refractivity contribution in [3.8, 4) is 5.75 Å². The second-order valence-electron chi connectivity index (χ2n) is 4.79. The van der Waals surface area contributed by atoms with Crippen LogP contribution in [0, 0.1) is 0 Å². The van der Waals surface area contributed by atoms with Crippen molar-refractivity contribution in [2.45, 2.75) is 26.8 Å². The summed E-state index contributed by atoms with van der Waals surface area (Å²) < 4.78 is 11.5. The minimum absolute atomic E-state index is 0.209. The molecule has 118 valence electrons. The average molecular weight is 379 g/mol. The zero-order valence-corrected chi connectivity index (χ0v) is 14.9. The lowest BCUT2D eigenvalue weighted by atomic mass is 10.3. The van der Waals surface area contributed by atoms with Gasteiger partial charge in [0, 0.05) is 17.6 Å². The Hall–Kier alpha value is -0.780. The average Bonchev–Trinajstić information content (AvgIpc) is 2.40. The van der Waals surface area contributed by atoms with Crippen molar-refractivity contribution in [3.63, 3.8) is 0 Å². The zero-order valence-electron chi connectivity index (χ0n) is 12.6. The Morgan fingerprint density at radius 2 is 2.14 bits per heavy atom. The number of carbonyl (C=O) groups is 1. The number of ether oxygens (including phenoxy) is 2. The summed E-state index contributed by atoms with van der Waals surface area (Å²) in [6, 6.07) is 5.62. The number of rotatable bonds is 8. The van der Waals surface area contributed by atoms with Gasteiger partial charge >= 0.3 is 5.97 Å². The molecule has 0 atom stereocenters. The molecule has 0 saturated heterocycles. The topological polar surface area (TPSA) is 38.8 Å². The van der Waals surface area contributed by atoms with Gasteiger partial charge in [0.1, 0.15) is 12.4 Å². The quantitative estimate of drug-likeness (QED) is 0.646. The van der Waals surface area contributed by atoms with Crippen LogP contribution in [0.1, 0.15) is 20.8 Å². The van der Waals surface area contributed by atoms with Crippen molar-refractivity contribution in [1.82, 2.24) is 4.90 Å². The van der Waals surface area contributed by atoms with Gasteiger partial charge in [-0.3, -0.25) is 9.69 Å². The molecule has 0 amide bonds. The van der Waals surface area contributed by atoms with Crippen LogP contribution < -0.4 is 4.74 Å². The highest BCUT2D eigenvalue weighted by Crippen LogP contribution is 2.27. The monoisotopic (exact) mass is 377 g/mol. The minimum Gasteiger partial charge on any atom is -0.491 e. The summed E-state index contributed by atoms with van der Waals surface area (Å²) in [6.45, 7) is 7.69. The van der Waals surface area contributed by atoms with Crippen LogP contribution in [0.5, 0.6) is 5.75 Å². The fraction of sp³-hybridized carbons (Fsp3) is 0.533. The number of carbonyl (C=O) groups excluding carboxylic acids is 1. The first-order valence-corrected chi connectivity index (χ1v) is 8.08. The molecule has 21 heavy (non-hydrogen) atoms. The van der Waals surface area contributed by atoms with Crippen LogP contribution in [-0.4, -0.2) is 43.2 Å². The Bertz CT molecular complexity index is 468. The van der Waals surface area contributed by atoms with Gasteiger partial charge in [-0.1, -0.05) is 11.6 Å². The Morgan fingerprint density at radius 3 is 2.71 bits per heavy atom. The maximum Gasteiger partial charge on any atom is 0.320 e. The summed E-state index contributed by atoms with van der Waals surface area (Å²) in [5.74, 6) is 0.526. The van der Waals surface area contributed by atoms with Crippen molar-refractivity contribution in [1.29, 1.82) is 0 Å². The van der Waals surface area contributed by atoms with Crippen LogP contribution in [0.15, 0.2) is 22.7 Å². The summed E-state index contributed by atoms with van der Waals surface area (Å²) in [6.07, 6.45) is 0. The van der Waals surface area contributed by atoms with Crippen LogP contribution in [0.2, 0.25) is 5.02 Å². The number of benzene rings is 1. The molecular weight excluding hydrogens is 358 g/mol. The van der Waals surface area contributed by atoms with E-state index in [1.165, 1.54) is 0 Å². The van der Waals surface area contributed by atoms with Crippen LogP contribution >= 0.6 is 27.5 Å². The molecule has 0 aliphatic carbocycles. The molecule has 6 heteroatoms. The Kier molecular flexibility index (Phi) is 8.07. The molecule has 1 aromatic rings. The van der Waals surface area contributed by atoms with E-state index in [2.05, 4.69) is 15.9 Å². The lowest BCUT2D eigenvalue weighted by molar-refractivity contribution is -0.145. The summed E-state index contributed by atoms with van der Waals surface area (Å²) in [5, 5.41) is 0.653. The van der Waals surface area contributed by atoms with Gasteiger partial charge in [0.05, 0.1) is 17.6 Å². The van der Waals surface area contributed by atoms with Crippen molar-refractivity contribution in [2.24, 2.45) is 0 Å². The third-order valence-electron chi connectivity index (χ3n) is 2.90. The molecule has 0 radical (unpaired) electrons. The fourth-order valence-corrected chi connectivity index (χ4v) is 2.55. The molecule has 1 rings (SSSR count). The molecule has 4 nitrogen and oxygen atoms in total. The van der Waals surface area contributed by atoms with Crippen LogP contribution in [-0.2, 0) is 9.53 Å². The van der Waals surface area contributed by atoms with Crippen molar-refractivity contribution < 1.29 is 14.3 Å². The molecule has 0 spiro atoms. The van der Waals surface area contributed by atoms with Gasteiger partial charge in [0.2, 0.25) is 0 Å². The molecular formula is C15H21BrClNO3. The van der Waals surface area contributed by atoms with E-state index in [4.69, 9.17) is 21.1 Å². The predicted octanol–water partition coefficient (Wildman–Crippen LogP) is 3.75. The van der Waals surface area contributed by atoms with E-state index in [1.54, 1.807) is 19.1 Å². The first-order chi connectivity index (χ1) is 9.93. The number of nitrogens with zero attached hydrogens (tertiary/aromatic N) is 1. The number of hydrogen-bond acceptors (Lipinski definition) is 4. The minimum atomic E-state index is -0.209. The summed E-state index contributed by atoms with van der Waals surface area (Å²) >= 11 is 9.29. The van der Waals surface area contributed by atoms with Crippen LogP contribution in [0.4, 0.5) is 0 Å². The standard InChI is InChI=1S/C15H21BrClNO3/c1-4-20-15(19)10-18(11(2)3)7-8-21-14-6-5-12(17)9-13(14)16/h5-6,9,11H,4,7-8,10H2,1-3H3. The van der Waals surface area contributed by atoms with Crippen molar-refractivity contribution >= 4 is 33.5 Å². The lowest BCUT2D eigenvalue weighted by Crippen LogP contribution is -2.39. The molecule has 1 aromatic carbocycles. The van der Waals surface area contributed by atoms with E-state index in [-0.39, 0.29) is 18.6 Å². The Morgan fingerprint density at radius 1 is 1.43 bits per heavy atom. The van der Waals surface area contributed by atoms with Crippen LogP contribution in [0.3, 0.4) is 0 Å². The summed E-state index contributed by atoms with van der Waals surface area (Å²) in [5.41, 5.74) is 0. The number of hydrogen-bond donors (Lipinski definition) is 0. The first-order valence-electron chi connectivity index (χ1n) is 6.91. The second kappa shape index (κ2) is 9.28. The second-order valence-corrected chi connectivity index (χ2v) is 6.08. The molecule has 0 heterocycles. The van der Waals surface area contributed by atoms with Gasteiger partial charge in [0.25, 0.3) is 0 Å². The highest BCUT2D eigenvalue weighted by Gasteiger charge is 2.15. The number of halogens is 2. The maximum absolute atomic E-state index is 11.6. The largest absolute Gasteiger partial charge is 0.491 e. The van der Waals surface area contributed by atoms with Gasteiger partial charge < -0.3 is 9.47 Å². The molecule has 0 fully saturated rings. The molecule has 0 unspecified atom stereocenters. The molecule has 0 saturated carbocycles. The Labute approximate surface area is 139 Å². The highest BCUT2D eigenvalue weighted by atomic mass is 79.9. The predicted molar refractivity (Wildman–Crippen MR) is 88.0 cm³/mol. The first kappa shape index (κ1) is 18.3. The van der Waals surface area contributed by atoms with Crippen LogP contribution in [0.25, 0.3) is 0 Å². The van der Waals surface area contributed by atoms with E-state index in [0.29, 0.717) is 24.8 Å². The molecule has 0 aliphatic heterocycles. The van der Waals surface area contributed by atoms with E-state index in [0.717, 1.165) is 10.2 Å². The van der Waals surface area contributed by atoms with E-state index < -0.39 is 0 Å².